The Balaban J connectivity index is 1.87. The van der Waals surface area contributed by atoms with Gasteiger partial charge in [-0.2, -0.15) is 0 Å². The van der Waals surface area contributed by atoms with Gasteiger partial charge in [0.1, 0.15) is 0 Å². The molecule has 18 heavy (non-hydrogen) atoms. The normalized spacial score (nSPS) is 18.5. The Kier molecular flexibility index (Phi) is 5.15. The van der Waals surface area contributed by atoms with Gasteiger partial charge in [-0.05, 0) is 40.3 Å². The molecule has 2 heterocycles. The number of nitrogens with one attached hydrogen (secondary N) is 1. The molecule has 1 aromatic rings. The van der Waals surface area contributed by atoms with E-state index in [0.717, 1.165) is 18.3 Å². The van der Waals surface area contributed by atoms with Crippen molar-refractivity contribution in [2.24, 2.45) is 10.4 Å². The monoisotopic (exact) mass is 346 g/mol. The Hall–Kier alpha value is -0.000000000000000111. The third kappa shape index (κ3) is 3.52. The third-order valence-corrected chi connectivity index (χ3v) is 6.61. The number of thioether (sulfide) groups is 1. The van der Waals surface area contributed by atoms with Crippen molar-refractivity contribution in [2.45, 2.75) is 33.2 Å². The maximum atomic E-state index is 4.71. The van der Waals surface area contributed by atoms with Gasteiger partial charge in [0.2, 0.25) is 0 Å². The second-order valence-electron chi connectivity index (χ2n) is 4.70. The molecule has 100 valence electrons. The van der Waals surface area contributed by atoms with Crippen LogP contribution in [0, 0.1) is 5.41 Å². The lowest BCUT2D eigenvalue weighted by Gasteiger charge is -2.33. The van der Waals surface area contributed by atoms with E-state index in [-0.39, 0.29) is 0 Å². The van der Waals surface area contributed by atoms with Gasteiger partial charge in [0.25, 0.3) is 0 Å². The van der Waals surface area contributed by atoms with Crippen LogP contribution in [-0.4, -0.2) is 17.5 Å². The van der Waals surface area contributed by atoms with Gasteiger partial charge < -0.3 is 5.32 Å². The van der Waals surface area contributed by atoms with E-state index < -0.39 is 0 Å². The molecule has 1 N–H and O–H groups in total. The molecule has 0 saturated heterocycles. The summed E-state index contributed by atoms with van der Waals surface area (Å²) in [6, 6.07) is 2.16. The Morgan fingerprint density at radius 3 is 2.72 bits per heavy atom. The molecule has 0 atom stereocenters. The highest BCUT2D eigenvalue weighted by atomic mass is 79.9. The van der Waals surface area contributed by atoms with Crippen molar-refractivity contribution in [3.63, 3.8) is 0 Å². The summed E-state index contributed by atoms with van der Waals surface area (Å²) in [5, 5.41) is 6.67. The molecule has 0 saturated carbocycles. The summed E-state index contributed by atoms with van der Waals surface area (Å²) < 4.78 is 1.17. The van der Waals surface area contributed by atoms with Crippen molar-refractivity contribution in [3.8, 4) is 0 Å². The molecule has 0 fully saturated rings. The summed E-state index contributed by atoms with van der Waals surface area (Å²) in [4.78, 5) is 6.05. The summed E-state index contributed by atoms with van der Waals surface area (Å²) in [7, 11) is 0. The van der Waals surface area contributed by atoms with Gasteiger partial charge in [-0.3, -0.25) is 4.99 Å². The fraction of sp³-hybridized carbons (Fsp3) is 0.615. The molecule has 0 radical (unpaired) electrons. The van der Waals surface area contributed by atoms with E-state index in [9.17, 15) is 0 Å². The molecule has 0 aromatic carbocycles. The van der Waals surface area contributed by atoms with Crippen LogP contribution in [0.15, 0.2) is 20.9 Å². The summed E-state index contributed by atoms with van der Waals surface area (Å²) in [5.74, 6) is 1.19. The first-order chi connectivity index (χ1) is 8.67. The zero-order valence-electron chi connectivity index (χ0n) is 10.8. The van der Waals surface area contributed by atoms with E-state index in [0.29, 0.717) is 5.41 Å². The number of hydrogen-bond acceptors (Lipinski definition) is 4. The zero-order valence-corrected chi connectivity index (χ0v) is 14.1. The SMILES string of the molecule is CCC1(CC)CN=C(NCc2cc(Br)cs2)SC1. The summed E-state index contributed by atoms with van der Waals surface area (Å²) in [6.07, 6.45) is 2.45. The molecular weight excluding hydrogens is 328 g/mol. The van der Waals surface area contributed by atoms with E-state index >= 15 is 0 Å². The number of amidine groups is 1. The minimum absolute atomic E-state index is 0.432. The van der Waals surface area contributed by atoms with Crippen LogP contribution in [-0.2, 0) is 6.54 Å². The highest BCUT2D eigenvalue weighted by Crippen LogP contribution is 2.34. The highest BCUT2D eigenvalue weighted by Gasteiger charge is 2.29. The van der Waals surface area contributed by atoms with Gasteiger partial charge >= 0.3 is 0 Å². The molecule has 1 aliphatic rings. The average Bonchev–Trinajstić information content (AvgIpc) is 2.83. The lowest BCUT2D eigenvalue weighted by atomic mass is 9.84. The van der Waals surface area contributed by atoms with Crippen LogP contribution in [0.2, 0.25) is 0 Å². The number of nitrogens with zero attached hydrogens (tertiary/aromatic N) is 1. The quantitative estimate of drug-likeness (QED) is 0.867. The topological polar surface area (TPSA) is 24.4 Å². The predicted octanol–water partition coefficient (Wildman–Crippen LogP) is 4.51. The molecule has 0 spiro atoms. The van der Waals surface area contributed by atoms with Crippen molar-refractivity contribution in [2.75, 3.05) is 12.3 Å². The lowest BCUT2D eigenvalue weighted by molar-refractivity contribution is 0.318. The average molecular weight is 347 g/mol. The summed E-state index contributed by atoms with van der Waals surface area (Å²) in [6.45, 7) is 6.42. The van der Waals surface area contributed by atoms with Crippen molar-refractivity contribution in [3.05, 3.63) is 20.8 Å². The zero-order chi connectivity index (χ0) is 13.0. The van der Waals surface area contributed by atoms with E-state index in [1.807, 2.05) is 11.8 Å². The van der Waals surface area contributed by atoms with Gasteiger partial charge in [0.15, 0.2) is 5.17 Å². The third-order valence-electron chi connectivity index (χ3n) is 3.61. The molecule has 1 aliphatic heterocycles. The van der Waals surface area contributed by atoms with Crippen molar-refractivity contribution in [1.29, 1.82) is 0 Å². The largest absolute Gasteiger partial charge is 0.360 e. The smallest absolute Gasteiger partial charge is 0.156 e. The molecular formula is C13H19BrN2S2. The minimum Gasteiger partial charge on any atom is -0.360 e. The first-order valence-corrected chi connectivity index (χ1v) is 8.97. The van der Waals surface area contributed by atoms with E-state index in [2.05, 4.69) is 46.5 Å². The van der Waals surface area contributed by atoms with Gasteiger partial charge in [0, 0.05) is 27.0 Å². The minimum atomic E-state index is 0.432. The maximum absolute atomic E-state index is 4.71. The second-order valence-corrected chi connectivity index (χ2v) is 7.58. The first kappa shape index (κ1) is 14.4. The molecule has 0 amide bonds. The van der Waals surface area contributed by atoms with Crippen molar-refractivity contribution in [1.82, 2.24) is 5.32 Å². The van der Waals surface area contributed by atoms with E-state index in [1.54, 1.807) is 11.3 Å². The fourth-order valence-corrected chi connectivity index (χ4v) is 4.61. The second kappa shape index (κ2) is 6.44. The van der Waals surface area contributed by atoms with Crippen LogP contribution in [0.3, 0.4) is 0 Å². The van der Waals surface area contributed by atoms with Gasteiger partial charge in [-0.25, -0.2) is 0 Å². The molecule has 5 heteroatoms. The van der Waals surface area contributed by atoms with E-state index in [4.69, 9.17) is 4.99 Å². The molecule has 2 rings (SSSR count). The molecule has 0 aliphatic carbocycles. The Morgan fingerprint density at radius 2 is 2.22 bits per heavy atom. The Bertz CT molecular complexity index is 424. The number of hydrogen-bond donors (Lipinski definition) is 1. The lowest BCUT2D eigenvalue weighted by Crippen LogP contribution is -2.34. The van der Waals surface area contributed by atoms with Crippen molar-refractivity contribution < 1.29 is 0 Å². The van der Waals surface area contributed by atoms with Gasteiger partial charge in [-0.1, -0.05) is 25.6 Å². The van der Waals surface area contributed by atoms with E-state index in [1.165, 1.54) is 27.9 Å². The van der Waals surface area contributed by atoms with Crippen LogP contribution < -0.4 is 5.32 Å². The molecule has 1 aromatic heterocycles. The number of rotatable bonds is 4. The Morgan fingerprint density at radius 1 is 1.44 bits per heavy atom. The summed E-state index contributed by atoms with van der Waals surface area (Å²) >= 11 is 7.13. The maximum Gasteiger partial charge on any atom is 0.156 e. The number of thiophene rings is 1. The van der Waals surface area contributed by atoms with Crippen LogP contribution in [0.25, 0.3) is 0 Å². The number of aliphatic imine (C=N–C) groups is 1. The van der Waals surface area contributed by atoms with Crippen LogP contribution >= 0.6 is 39.0 Å². The van der Waals surface area contributed by atoms with Crippen LogP contribution in [0.5, 0.6) is 0 Å². The van der Waals surface area contributed by atoms with Crippen LogP contribution in [0.1, 0.15) is 31.6 Å². The Labute approximate surface area is 126 Å². The molecule has 2 nitrogen and oxygen atoms in total. The summed E-state index contributed by atoms with van der Waals surface area (Å²) in [5.41, 5.74) is 0.432. The first-order valence-electron chi connectivity index (χ1n) is 6.31. The number of halogens is 1. The van der Waals surface area contributed by atoms with Gasteiger partial charge in [-0.15, -0.1) is 11.3 Å². The van der Waals surface area contributed by atoms with Crippen molar-refractivity contribution >= 4 is 44.2 Å². The highest BCUT2D eigenvalue weighted by molar-refractivity contribution is 9.10. The fourth-order valence-electron chi connectivity index (χ4n) is 1.95. The van der Waals surface area contributed by atoms with Gasteiger partial charge in [0.05, 0.1) is 6.54 Å². The molecule has 0 bridgehead atoms. The molecule has 0 unspecified atom stereocenters. The predicted molar refractivity (Wildman–Crippen MR) is 86.6 cm³/mol. The van der Waals surface area contributed by atoms with Crippen LogP contribution in [0.4, 0.5) is 0 Å². The standard InChI is InChI=1S/C13H19BrN2S2/c1-3-13(4-2)8-16-12(18-9-13)15-6-11-5-10(14)7-17-11/h5,7H,3-4,6,8-9H2,1-2H3,(H,15,16).